The molecule has 0 saturated carbocycles. The number of imide groups is 1. The summed E-state index contributed by atoms with van der Waals surface area (Å²) in [6, 6.07) is 8.40. The maximum absolute atomic E-state index is 13.4. The van der Waals surface area contributed by atoms with E-state index in [4.69, 9.17) is 17.0 Å². The van der Waals surface area contributed by atoms with Gasteiger partial charge in [0.2, 0.25) is 0 Å². The van der Waals surface area contributed by atoms with Crippen LogP contribution in [0.2, 0.25) is 5.02 Å². The Morgan fingerprint density at radius 3 is 2.66 bits per heavy atom. The maximum Gasteiger partial charge on any atom is 0.416 e. The zero-order valence-corrected chi connectivity index (χ0v) is 20.2. The molecule has 0 spiro atoms. The number of alkyl halides is 3. The molecule has 1 atom stereocenters. The third-order valence-corrected chi connectivity index (χ3v) is 7.05. The van der Waals surface area contributed by atoms with Gasteiger partial charge in [-0.25, -0.2) is 0 Å². The number of rotatable bonds is 6. The molecule has 2 aliphatic rings. The molecule has 2 amide bonds. The summed E-state index contributed by atoms with van der Waals surface area (Å²) in [5.74, 6) is -0.332. The zero-order chi connectivity index (χ0) is 25.3. The summed E-state index contributed by atoms with van der Waals surface area (Å²) in [7, 11) is 1.94. The van der Waals surface area contributed by atoms with Gasteiger partial charge in [-0.2, -0.15) is 13.2 Å². The molecule has 2 fully saturated rings. The molecule has 2 aromatic rings. The van der Waals surface area contributed by atoms with E-state index in [2.05, 4.69) is 10.2 Å². The summed E-state index contributed by atoms with van der Waals surface area (Å²) in [6.07, 6.45) is -1.13. The molecule has 11 heteroatoms. The van der Waals surface area contributed by atoms with Crippen molar-refractivity contribution in [3.05, 3.63) is 68.6 Å². The van der Waals surface area contributed by atoms with Crippen LogP contribution in [-0.2, 0) is 17.5 Å². The first-order valence-electron chi connectivity index (χ1n) is 10.8. The lowest BCUT2D eigenvalue weighted by Gasteiger charge is -2.20. The minimum Gasteiger partial charge on any atom is -0.380 e. The van der Waals surface area contributed by atoms with Crippen molar-refractivity contribution in [2.45, 2.75) is 25.2 Å². The van der Waals surface area contributed by atoms with Gasteiger partial charge < -0.3 is 15.6 Å². The largest absolute Gasteiger partial charge is 0.416 e. The number of nitrogens with one attached hydrogen (secondary N) is 2. The first-order valence-corrected chi connectivity index (χ1v) is 12.0. The molecule has 35 heavy (non-hydrogen) atoms. The average Bonchev–Trinajstić information content (AvgIpc) is 3.34. The number of thioether (sulfide) groups is 1. The van der Waals surface area contributed by atoms with E-state index in [0.717, 1.165) is 37.0 Å². The van der Waals surface area contributed by atoms with Crippen LogP contribution >= 0.6 is 23.4 Å². The SMILES string of the molecule is CN1CCC(N2C(=O)S/C(=C\c3ccc(NCc4ccc(Cl)cc4C(F)(F)F)c(C=N)c3)C2=O)C1. The molecule has 6 nitrogen and oxygen atoms in total. The van der Waals surface area contributed by atoms with E-state index in [1.54, 1.807) is 24.3 Å². The Bertz CT molecular complexity index is 1220. The third-order valence-electron chi connectivity index (χ3n) is 5.93. The molecule has 4 rings (SSSR count). The van der Waals surface area contributed by atoms with Crippen LogP contribution in [0.5, 0.6) is 0 Å². The second-order valence-electron chi connectivity index (χ2n) is 8.40. The number of likely N-dealkylation sites (tertiary alicyclic amines) is 1. The van der Waals surface area contributed by atoms with Gasteiger partial charge in [0.1, 0.15) is 0 Å². The molecule has 2 saturated heterocycles. The lowest BCUT2D eigenvalue weighted by Crippen LogP contribution is -2.40. The molecule has 2 aliphatic heterocycles. The summed E-state index contributed by atoms with van der Waals surface area (Å²) >= 11 is 6.62. The van der Waals surface area contributed by atoms with Gasteiger partial charge in [-0.05, 0) is 73.2 Å². The molecule has 0 bridgehead atoms. The molecule has 0 aliphatic carbocycles. The van der Waals surface area contributed by atoms with Gasteiger partial charge in [-0.1, -0.05) is 23.7 Å². The second kappa shape index (κ2) is 10.0. The number of hydrogen-bond acceptors (Lipinski definition) is 6. The van der Waals surface area contributed by atoms with Crippen molar-refractivity contribution in [3.63, 3.8) is 0 Å². The van der Waals surface area contributed by atoms with E-state index in [1.165, 1.54) is 17.0 Å². The Labute approximate surface area is 209 Å². The van der Waals surface area contributed by atoms with E-state index in [-0.39, 0.29) is 34.3 Å². The summed E-state index contributed by atoms with van der Waals surface area (Å²) in [5.41, 5.74) is 0.689. The van der Waals surface area contributed by atoms with Crippen molar-refractivity contribution in [1.29, 1.82) is 5.41 Å². The summed E-state index contributed by atoms with van der Waals surface area (Å²) in [5, 5.41) is 10.4. The van der Waals surface area contributed by atoms with Gasteiger partial charge in [0.15, 0.2) is 0 Å². The molecule has 1 unspecified atom stereocenters. The Kier molecular flexibility index (Phi) is 7.25. The van der Waals surface area contributed by atoms with Crippen LogP contribution < -0.4 is 5.32 Å². The van der Waals surface area contributed by atoms with E-state index in [9.17, 15) is 22.8 Å². The smallest absolute Gasteiger partial charge is 0.380 e. The van der Waals surface area contributed by atoms with Crippen LogP contribution in [0, 0.1) is 5.41 Å². The van der Waals surface area contributed by atoms with Crippen LogP contribution in [0.4, 0.5) is 23.7 Å². The highest BCUT2D eigenvalue weighted by Crippen LogP contribution is 2.36. The molecular weight excluding hydrogens is 501 g/mol. The normalized spacial score (nSPS) is 20.2. The number of hydrogen-bond donors (Lipinski definition) is 2. The average molecular weight is 523 g/mol. The number of halogens is 4. The standard InChI is InChI=1S/C24H22ClF3N4O2S/c1-31-7-6-18(13-31)32-22(33)21(35-23(32)34)9-14-2-5-20(16(8-14)11-29)30-12-15-3-4-17(25)10-19(15)24(26,27)28/h2-5,8-11,18,29-30H,6-7,12-13H2,1H3/b21-9-,29-11?. The van der Waals surface area contributed by atoms with Gasteiger partial charge in [0, 0.05) is 35.6 Å². The molecule has 2 N–H and O–H groups in total. The summed E-state index contributed by atoms with van der Waals surface area (Å²) in [6.45, 7) is 1.34. The van der Waals surface area contributed by atoms with Gasteiger partial charge in [0.25, 0.3) is 11.1 Å². The summed E-state index contributed by atoms with van der Waals surface area (Å²) < 4.78 is 40.1. The Balaban J connectivity index is 1.52. The number of benzene rings is 2. The number of anilines is 1. The van der Waals surface area contributed by atoms with Crippen LogP contribution in [0.3, 0.4) is 0 Å². The van der Waals surface area contributed by atoms with Gasteiger partial charge in [-0.3, -0.25) is 14.5 Å². The molecule has 0 aromatic heterocycles. The van der Waals surface area contributed by atoms with Gasteiger partial charge in [0.05, 0.1) is 16.5 Å². The van der Waals surface area contributed by atoms with Crippen LogP contribution in [-0.4, -0.2) is 53.3 Å². The maximum atomic E-state index is 13.4. The lowest BCUT2D eigenvalue weighted by atomic mass is 10.1. The highest BCUT2D eigenvalue weighted by atomic mass is 35.5. The van der Waals surface area contributed by atoms with Crippen LogP contribution in [0.15, 0.2) is 41.3 Å². The van der Waals surface area contributed by atoms with Crippen LogP contribution in [0.1, 0.15) is 28.7 Å². The quantitative estimate of drug-likeness (QED) is 0.375. The minimum absolute atomic E-state index is 0.00465. The summed E-state index contributed by atoms with van der Waals surface area (Å²) in [4.78, 5) is 29.0. The van der Waals surface area contributed by atoms with E-state index in [1.807, 2.05) is 7.05 Å². The lowest BCUT2D eigenvalue weighted by molar-refractivity contribution is -0.138. The molecule has 184 valence electrons. The van der Waals surface area contributed by atoms with Crippen molar-refractivity contribution in [3.8, 4) is 0 Å². The molecule has 0 radical (unpaired) electrons. The first-order chi connectivity index (χ1) is 16.6. The Hall–Kier alpha value is -2.82. The topological polar surface area (TPSA) is 76.5 Å². The first kappa shape index (κ1) is 25.3. The van der Waals surface area contributed by atoms with Crippen molar-refractivity contribution in [1.82, 2.24) is 9.80 Å². The number of likely N-dealkylation sites (N-methyl/N-ethyl adjacent to an activating group) is 1. The van der Waals surface area contributed by atoms with Gasteiger partial charge >= 0.3 is 6.18 Å². The van der Waals surface area contributed by atoms with Crippen molar-refractivity contribution >= 4 is 52.5 Å². The molecular formula is C24H22ClF3N4O2S. The molecule has 2 aromatic carbocycles. The predicted molar refractivity (Wildman–Crippen MR) is 132 cm³/mol. The fourth-order valence-electron chi connectivity index (χ4n) is 4.18. The van der Waals surface area contributed by atoms with Crippen molar-refractivity contribution < 1.29 is 22.8 Å². The number of carbonyl (C=O) groups excluding carboxylic acids is 2. The van der Waals surface area contributed by atoms with Gasteiger partial charge in [-0.15, -0.1) is 0 Å². The van der Waals surface area contributed by atoms with Crippen molar-refractivity contribution in [2.24, 2.45) is 0 Å². The fraction of sp³-hybridized carbons (Fsp3) is 0.292. The minimum atomic E-state index is -4.55. The van der Waals surface area contributed by atoms with E-state index >= 15 is 0 Å². The Morgan fingerprint density at radius 1 is 1.23 bits per heavy atom. The van der Waals surface area contributed by atoms with Crippen molar-refractivity contribution in [2.75, 3.05) is 25.5 Å². The van der Waals surface area contributed by atoms with Crippen LogP contribution in [0.25, 0.3) is 6.08 Å². The second-order valence-corrected chi connectivity index (χ2v) is 9.83. The fourth-order valence-corrected chi connectivity index (χ4v) is 5.25. The monoisotopic (exact) mass is 522 g/mol. The third kappa shape index (κ3) is 5.55. The van der Waals surface area contributed by atoms with E-state index < -0.39 is 11.7 Å². The number of carbonyl (C=O) groups is 2. The zero-order valence-electron chi connectivity index (χ0n) is 18.7. The highest BCUT2D eigenvalue weighted by Gasteiger charge is 2.41. The highest BCUT2D eigenvalue weighted by molar-refractivity contribution is 8.18. The molecule has 2 heterocycles. The predicted octanol–water partition coefficient (Wildman–Crippen LogP) is 5.71. The van der Waals surface area contributed by atoms with E-state index in [0.29, 0.717) is 28.3 Å². The number of amides is 2. The number of nitrogens with zero attached hydrogens (tertiary/aromatic N) is 2. The Morgan fingerprint density at radius 2 is 2.00 bits per heavy atom.